The summed E-state index contributed by atoms with van der Waals surface area (Å²) < 4.78 is 2.23. The maximum absolute atomic E-state index is 5.98. The Labute approximate surface area is 139 Å². The molecule has 0 aliphatic rings. The molecule has 0 atom stereocenters. The Morgan fingerprint density at radius 2 is 1.73 bits per heavy atom. The van der Waals surface area contributed by atoms with Gasteiger partial charge >= 0.3 is 0 Å². The van der Waals surface area contributed by atoms with Crippen LogP contribution < -0.4 is 4.80 Å². The average molecular weight is 329 g/mol. The highest BCUT2D eigenvalue weighted by molar-refractivity contribution is 7.07. The zero-order chi connectivity index (χ0) is 15.5. The van der Waals surface area contributed by atoms with Crippen LogP contribution in [0.1, 0.15) is 12.5 Å². The quantitative estimate of drug-likeness (QED) is 0.610. The number of thiazole rings is 1. The number of benzene rings is 2. The Balaban J connectivity index is 2.07. The monoisotopic (exact) mass is 328 g/mol. The number of halogens is 1. The van der Waals surface area contributed by atoms with Crippen LogP contribution in [-0.2, 0) is 6.54 Å². The molecule has 0 unspecified atom stereocenters. The summed E-state index contributed by atoms with van der Waals surface area (Å²) in [4.78, 5) is 5.78. The highest BCUT2D eigenvalue weighted by atomic mass is 35.5. The van der Waals surface area contributed by atoms with E-state index < -0.39 is 0 Å². The molecule has 0 amide bonds. The Morgan fingerprint density at radius 3 is 2.36 bits per heavy atom. The first-order chi connectivity index (χ1) is 10.7. The summed E-state index contributed by atoms with van der Waals surface area (Å²) in [5.74, 6) is 0. The minimum atomic E-state index is 0.756. The smallest absolute Gasteiger partial charge is 0.190 e. The van der Waals surface area contributed by atoms with E-state index in [2.05, 4.69) is 48.1 Å². The third-order valence-corrected chi connectivity index (χ3v) is 4.63. The standard InChI is InChI=1S/C18H17ClN2S/c1-3-21-17(14-6-8-15(19)9-7-14)12-22-18(21)20-16-10-4-13(2)5-11-16/h4-12H,3H2,1-2H3. The van der Waals surface area contributed by atoms with Gasteiger partial charge < -0.3 is 4.57 Å². The van der Waals surface area contributed by atoms with Crippen molar-refractivity contribution < 1.29 is 0 Å². The van der Waals surface area contributed by atoms with Gasteiger partial charge in [0.25, 0.3) is 0 Å². The van der Waals surface area contributed by atoms with Gasteiger partial charge in [-0.3, -0.25) is 0 Å². The number of nitrogens with zero attached hydrogens (tertiary/aromatic N) is 2. The molecule has 4 heteroatoms. The number of hydrogen-bond acceptors (Lipinski definition) is 2. The van der Waals surface area contributed by atoms with Gasteiger partial charge in [-0.1, -0.05) is 41.4 Å². The molecule has 0 fully saturated rings. The van der Waals surface area contributed by atoms with Crippen LogP contribution in [0.2, 0.25) is 5.02 Å². The highest BCUT2D eigenvalue weighted by Crippen LogP contribution is 2.22. The molecule has 3 rings (SSSR count). The molecular weight excluding hydrogens is 312 g/mol. The van der Waals surface area contributed by atoms with Gasteiger partial charge in [-0.05, 0) is 43.7 Å². The lowest BCUT2D eigenvalue weighted by atomic mass is 10.2. The van der Waals surface area contributed by atoms with Crippen LogP contribution in [0.3, 0.4) is 0 Å². The number of rotatable bonds is 3. The molecule has 0 bridgehead atoms. The summed E-state index contributed by atoms with van der Waals surface area (Å²) in [6.07, 6.45) is 0. The summed E-state index contributed by atoms with van der Waals surface area (Å²) >= 11 is 7.64. The molecule has 112 valence electrons. The first-order valence-electron chi connectivity index (χ1n) is 7.23. The van der Waals surface area contributed by atoms with Crippen molar-refractivity contribution in [1.29, 1.82) is 0 Å². The number of aromatic nitrogens is 1. The van der Waals surface area contributed by atoms with E-state index in [1.165, 1.54) is 11.3 Å². The SMILES string of the molecule is CCn1c(-c2ccc(Cl)cc2)csc1=Nc1ccc(C)cc1. The zero-order valence-electron chi connectivity index (χ0n) is 12.6. The van der Waals surface area contributed by atoms with Crippen molar-refractivity contribution in [2.75, 3.05) is 0 Å². The molecule has 0 aliphatic carbocycles. The largest absolute Gasteiger partial charge is 0.317 e. The fourth-order valence-electron chi connectivity index (χ4n) is 2.31. The van der Waals surface area contributed by atoms with Crippen LogP contribution in [0.4, 0.5) is 5.69 Å². The van der Waals surface area contributed by atoms with E-state index in [4.69, 9.17) is 16.6 Å². The van der Waals surface area contributed by atoms with Crippen molar-refractivity contribution in [3.05, 3.63) is 69.3 Å². The predicted octanol–water partition coefficient (Wildman–Crippen LogP) is 5.43. The van der Waals surface area contributed by atoms with E-state index in [0.717, 1.165) is 27.6 Å². The van der Waals surface area contributed by atoms with Crippen LogP contribution in [0, 0.1) is 6.92 Å². The van der Waals surface area contributed by atoms with Gasteiger partial charge in [0.2, 0.25) is 0 Å². The Bertz CT molecular complexity index is 827. The van der Waals surface area contributed by atoms with Gasteiger partial charge in [0.15, 0.2) is 4.80 Å². The third-order valence-electron chi connectivity index (χ3n) is 3.51. The van der Waals surface area contributed by atoms with E-state index in [1.807, 2.05) is 24.3 Å². The lowest BCUT2D eigenvalue weighted by molar-refractivity contribution is 0.745. The molecule has 22 heavy (non-hydrogen) atoms. The Hall–Kier alpha value is -1.84. The third kappa shape index (κ3) is 3.16. The molecule has 2 aromatic carbocycles. The van der Waals surface area contributed by atoms with Crippen LogP contribution in [0.15, 0.2) is 58.9 Å². The van der Waals surface area contributed by atoms with Gasteiger partial charge in [0.05, 0.1) is 11.4 Å². The second kappa shape index (κ2) is 6.51. The minimum Gasteiger partial charge on any atom is -0.317 e. The molecule has 0 N–H and O–H groups in total. The van der Waals surface area contributed by atoms with Gasteiger partial charge in [-0.15, -0.1) is 11.3 Å². The minimum absolute atomic E-state index is 0.756. The fourth-order valence-corrected chi connectivity index (χ4v) is 3.42. The van der Waals surface area contributed by atoms with Crippen molar-refractivity contribution in [1.82, 2.24) is 4.57 Å². The maximum atomic E-state index is 5.98. The summed E-state index contributed by atoms with van der Waals surface area (Å²) in [7, 11) is 0. The molecule has 0 radical (unpaired) electrons. The lowest BCUT2D eigenvalue weighted by Gasteiger charge is -2.06. The Kier molecular flexibility index (Phi) is 4.46. The van der Waals surface area contributed by atoms with Crippen LogP contribution in [-0.4, -0.2) is 4.57 Å². The second-order valence-corrected chi connectivity index (χ2v) is 6.38. The molecule has 0 aliphatic heterocycles. The van der Waals surface area contributed by atoms with E-state index in [-0.39, 0.29) is 0 Å². The first kappa shape index (κ1) is 15.1. The number of aryl methyl sites for hydroxylation is 1. The Morgan fingerprint density at radius 1 is 1.05 bits per heavy atom. The molecule has 2 nitrogen and oxygen atoms in total. The van der Waals surface area contributed by atoms with Crippen LogP contribution in [0.5, 0.6) is 0 Å². The highest BCUT2D eigenvalue weighted by Gasteiger charge is 2.06. The van der Waals surface area contributed by atoms with Crippen molar-refractivity contribution in [3.8, 4) is 11.3 Å². The summed E-state index contributed by atoms with van der Waals surface area (Å²) in [6.45, 7) is 5.10. The molecule has 0 saturated carbocycles. The van der Waals surface area contributed by atoms with Gasteiger partial charge in [0, 0.05) is 16.9 Å². The lowest BCUT2D eigenvalue weighted by Crippen LogP contribution is -2.14. The van der Waals surface area contributed by atoms with Gasteiger partial charge in [-0.2, -0.15) is 0 Å². The van der Waals surface area contributed by atoms with E-state index in [0.29, 0.717) is 0 Å². The fraction of sp³-hybridized carbons (Fsp3) is 0.167. The van der Waals surface area contributed by atoms with E-state index in [1.54, 1.807) is 11.3 Å². The zero-order valence-corrected chi connectivity index (χ0v) is 14.2. The van der Waals surface area contributed by atoms with Crippen molar-refractivity contribution in [3.63, 3.8) is 0 Å². The van der Waals surface area contributed by atoms with Crippen LogP contribution >= 0.6 is 22.9 Å². The predicted molar refractivity (Wildman–Crippen MR) is 94.8 cm³/mol. The van der Waals surface area contributed by atoms with Crippen molar-refractivity contribution >= 4 is 28.6 Å². The van der Waals surface area contributed by atoms with Gasteiger partial charge in [0.1, 0.15) is 0 Å². The van der Waals surface area contributed by atoms with Crippen molar-refractivity contribution in [2.45, 2.75) is 20.4 Å². The number of hydrogen-bond donors (Lipinski definition) is 0. The van der Waals surface area contributed by atoms with Gasteiger partial charge in [-0.25, -0.2) is 4.99 Å². The molecule has 0 spiro atoms. The van der Waals surface area contributed by atoms with E-state index in [9.17, 15) is 0 Å². The average Bonchev–Trinajstić information content (AvgIpc) is 2.93. The van der Waals surface area contributed by atoms with E-state index >= 15 is 0 Å². The molecule has 3 aromatic rings. The molecular formula is C18H17ClN2S. The van der Waals surface area contributed by atoms with Crippen LogP contribution in [0.25, 0.3) is 11.3 Å². The maximum Gasteiger partial charge on any atom is 0.190 e. The summed E-state index contributed by atoms with van der Waals surface area (Å²) in [5.41, 5.74) is 4.57. The topological polar surface area (TPSA) is 17.3 Å². The molecule has 0 saturated heterocycles. The molecule has 1 aromatic heterocycles. The second-order valence-electron chi connectivity index (χ2n) is 5.10. The van der Waals surface area contributed by atoms with Crippen molar-refractivity contribution in [2.24, 2.45) is 4.99 Å². The first-order valence-corrected chi connectivity index (χ1v) is 8.49. The summed E-state index contributed by atoms with van der Waals surface area (Å²) in [6, 6.07) is 16.2. The molecule has 1 heterocycles. The normalized spacial score (nSPS) is 11.9. The summed E-state index contributed by atoms with van der Waals surface area (Å²) in [5, 5.41) is 2.91.